The smallest absolute Gasteiger partial charge is 0.378 e. The Balaban J connectivity index is 2.64. The Hall–Kier alpha value is 0.0569. The largest absolute Gasteiger partial charge is 0.440 e. The number of hydrogen-bond donors (Lipinski definition) is 3. The third-order valence-electron chi connectivity index (χ3n) is 3.03. The summed E-state index contributed by atoms with van der Waals surface area (Å²) < 4.78 is 6.19. The molecule has 4 nitrogen and oxygen atoms in total. The van der Waals surface area contributed by atoms with Gasteiger partial charge in [0.25, 0.3) is 0 Å². The molecule has 17 heavy (non-hydrogen) atoms. The van der Waals surface area contributed by atoms with Crippen molar-refractivity contribution in [3.05, 3.63) is 0 Å². The van der Waals surface area contributed by atoms with Gasteiger partial charge in [0.05, 0.1) is 0 Å². The van der Waals surface area contributed by atoms with Gasteiger partial charge in [0.15, 0.2) is 0 Å². The average molecular weight is 259 g/mol. The zero-order valence-electron chi connectivity index (χ0n) is 11.8. The Kier molecular flexibility index (Phi) is 6.65. The van der Waals surface area contributed by atoms with E-state index >= 15 is 0 Å². The first-order chi connectivity index (χ1) is 8.12. The topological polar surface area (TPSA) is 45.3 Å². The highest BCUT2D eigenvalue weighted by Gasteiger charge is 2.39. The predicted molar refractivity (Wildman–Crippen MR) is 74.7 cm³/mol. The number of rotatable bonds is 8. The normalized spacial score (nSPS) is 18.2. The molecule has 0 unspecified atom stereocenters. The fourth-order valence-electron chi connectivity index (χ4n) is 2.49. The third kappa shape index (κ3) is 5.05. The molecule has 1 fully saturated rings. The summed E-state index contributed by atoms with van der Waals surface area (Å²) >= 11 is 0. The van der Waals surface area contributed by atoms with Gasteiger partial charge in [-0.25, -0.2) is 0 Å². The molecular formula is C12H29N3OSi. The maximum atomic E-state index is 6.19. The lowest BCUT2D eigenvalue weighted by Crippen LogP contribution is -2.76. The molecular weight excluding hydrogens is 230 g/mol. The van der Waals surface area contributed by atoms with Crippen molar-refractivity contribution in [1.29, 1.82) is 0 Å². The van der Waals surface area contributed by atoms with Crippen LogP contribution in [-0.4, -0.2) is 34.0 Å². The Morgan fingerprint density at radius 3 is 2.06 bits per heavy atom. The van der Waals surface area contributed by atoms with Gasteiger partial charge in [0, 0.05) is 12.1 Å². The van der Waals surface area contributed by atoms with E-state index in [0.29, 0.717) is 6.04 Å². The Bertz CT molecular complexity index is 202. The summed E-state index contributed by atoms with van der Waals surface area (Å²) in [4.78, 5) is 10.9. The fraction of sp³-hybridized carbons (Fsp3) is 1.00. The van der Waals surface area contributed by atoms with Crippen LogP contribution < -0.4 is 14.9 Å². The molecule has 0 atom stereocenters. The van der Waals surface area contributed by atoms with Crippen LogP contribution in [0.3, 0.4) is 0 Å². The maximum Gasteiger partial charge on any atom is 0.440 e. The second-order valence-electron chi connectivity index (χ2n) is 5.03. The van der Waals surface area contributed by atoms with Gasteiger partial charge in [0.1, 0.15) is 0 Å². The molecule has 0 amide bonds. The van der Waals surface area contributed by atoms with Gasteiger partial charge in [0.2, 0.25) is 0 Å². The maximum absolute atomic E-state index is 6.19. The Morgan fingerprint density at radius 1 is 1.12 bits per heavy atom. The summed E-state index contributed by atoms with van der Waals surface area (Å²) in [6, 6.07) is 0.624. The van der Waals surface area contributed by atoms with E-state index in [-0.39, 0.29) is 6.10 Å². The monoisotopic (exact) mass is 259 g/mol. The lowest BCUT2D eigenvalue weighted by Gasteiger charge is -2.35. The van der Waals surface area contributed by atoms with Crippen LogP contribution in [-0.2, 0) is 4.43 Å². The van der Waals surface area contributed by atoms with Crippen molar-refractivity contribution in [2.24, 2.45) is 0 Å². The zero-order chi connectivity index (χ0) is 12.7. The van der Waals surface area contributed by atoms with E-state index in [9.17, 15) is 0 Å². The molecule has 3 N–H and O–H groups in total. The molecule has 1 aliphatic carbocycles. The van der Waals surface area contributed by atoms with Crippen molar-refractivity contribution in [1.82, 2.24) is 14.9 Å². The fourth-order valence-corrected chi connectivity index (χ4v) is 5.62. The third-order valence-corrected chi connectivity index (χ3v) is 6.37. The molecule has 0 bridgehead atoms. The quantitative estimate of drug-likeness (QED) is 0.579. The first-order valence-electron chi connectivity index (χ1n) is 7.07. The summed E-state index contributed by atoms with van der Waals surface area (Å²) in [5.41, 5.74) is 0. The minimum Gasteiger partial charge on any atom is -0.378 e. The van der Waals surface area contributed by atoms with Gasteiger partial charge < -0.3 is 4.43 Å². The van der Waals surface area contributed by atoms with E-state index in [1.165, 1.54) is 25.7 Å². The first-order valence-corrected chi connectivity index (χ1v) is 8.98. The lowest BCUT2D eigenvalue weighted by molar-refractivity contribution is 0.198. The van der Waals surface area contributed by atoms with Crippen molar-refractivity contribution in [2.45, 2.75) is 65.5 Å². The van der Waals surface area contributed by atoms with Crippen molar-refractivity contribution < 1.29 is 4.43 Å². The first kappa shape index (κ1) is 15.1. The molecule has 102 valence electrons. The molecule has 5 heteroatoms. The van der Waals surface area contributed by atoms with Gasteiger partial charge in [-0.1, -0.05) is 26.7 Å². The lowest BCUT2D eigenvalue weighted by atomic mass is 10.3. The van der Waals surface area contributed by atoms with Crippen molar-refractivity contribution in [3.63, 3.8) is 0 Å². The van der Waals surface area contributed by atoms with Gasteiger partial charge in [-0.2, -0.15) is 0 Å². The summed E-state index contributed by atoms with van der Waals surface area (Å²) in [5.74, 6) is 0. The Labute approximate surface area is 107 Å². The highest BCUT2D eigenvalue weighted by molar-refractivity contribution is 6.66. The van der Waals surface area contributed by atoms with E-state index in [2.05, 4.69) is 42.6 Å². The molecule has 0 aliphatic heterocycles. The molecule has 0 aromatic heterocycles. The van der Waals surface area contributed by atoms with Crippen LogP contribution in [0.4, 0.5) is 0 Å². The SMILES string of the molecule is CCN[Si](NCC)(NC1CCCC1)OC(C)C. The van der Waals surface area contributed by atoms with E-state index in [1.807, 2.05) is 0 Å². The number of nitrogens with one attached hydrogen (secondary N) is 3. The summed E-state index contributed by atoms with van der Waals surface area (Å²) in [5, 5.41) is 0. The van der Waals surface area contributed by atoms with Crippen LogP contribution in [0.25, 0.3) is 0 Å². The van der Waals surface area contributed by atoms with Gasteiger partial charge in [-0.3, -0.25) is 14.9 Å². The van der Waals surface area contributed by atoms with Crippen molar-refractivity contribution in [3.8, 4) is 0 Å². The van der Waals surface area contributed by atoms with Gasteiger partial charge in [-0.05, 0) is 39.8 Å². The van der Waals surface area contributed by atoms with Gasteiger partial charge in [-0.15, -0.1) is 0 Å². The summed E-state index contributed by atoms with van der Waals surface area (Å²) in [6.45, 7) is 10.4. The van der Waals surface area contributed by atoms with E-state index in [4.69, 9.17) is 4.43 Å². The minimum absolute atomic E-state index is 0.244. The van der Waals surface area contributed by atoms with Crippen LogP contribution >= 0.6 is 0 Å². The van der Waals surface area contributed by atoms with Crippen LogP contribution in [0, 0.1) is 0 Å². The second-order valence-corrected chi connectivity index (χ2v) is 7.63. The highest BCUT2D eigenvalue weighted by Crippen LogP contribution is 2.19. The van der Waals surface area contributed by atoms with Crippen LogP contribution in [0.5, 0.6) is 0 Å². The van der Waals surface area contributed by atoms with Gasteiger partial charge >= 0.3 is 8.80 Å². The average Bonchev–Trinajstić information content (AvgIpc) is 2.69. The molecule has 0 heterocycles. The Morgan fingerprint density at radius 2 is 1.65 bits per heavy atom. The molecule has 1 saturated carbocycles. The molecule has 0 radical (unpaired) electrons. The van der Waals surface area contributed by atoms with Crippen LogP contribution in [0.1, 0.15) is 53.4 Å². The number of hydrogen-bond acceptors (Lipinski definition) is 4. The van der Waals surface area contributed by atoms with Crippen molar-refractivity contribution >= 4 is 8.80 Å². The van der Waals surface area contributed by atoms with E-state index in [1.54, 1.807) is 0 Å². The summed E-state index contributed by atoms with van der Waals surface area (Å²) in [7, 11) is -2.17. The van der Waals surface area contributed by atoms with E-state index in [0.717, 1.165) is 13.1 Å². The van der Waals surface area contributed by atoms with Crippen LogP contribution in [0.2, 0.25) is 0 Å². The van der Waals surface area contributed by atoms with Crippen molar-refractivity contribution in [2.75, 3.05) is 13.1 Å². The highest BCUT2D eigenvalue weighted by atomic mass is 28.4. The van der Waals surface area contributed by atoms with E-state index < -0.39 is 8.80 Å². The summed E-state index contributed by atoms with van der Waals surface area (Å²) in [6.07, 6.45) is 5.51. The standard InChI is InChI=1S/C12H29N3OSi/c1-5-13-17(14-6-2,16-11(3)4)15-12-9-7-8-10-12/h11-15H,5-10H2,1-4H3. The predicted octanol–water partition coefficient (Wildman–Crippen LogP) is 1.60. The minimum atomic E-state index is -2.17. The molecule has 1 rings (SSSR count). The molecule has 0 aromatic rings. The second kappa shape index (κ2) is 7.48. The molecule has 0 spiro atoms. The molecule has 0 aromatic carbocycles. The van der Waals surface area contributed by atoms with Crippen LogP contribution in [0.15, 0.2) is 0 Å². The molecule has 1 aliphatic rings. The molecule has 0 saturated heterocycles. The zero-order valence-corrected chi connectivity index (χ0v) is 12.8.